The monoisotopic (exact) mass is 560 g/mol. The van der Waals surface area contributed by atoms with Crippen molar-refractivity contribution in [2.45, 2.75) is 97.3 Å². The first-order valence-corrected chi connectivity index (χ1v) is 14.2. The van der Waals surface area contributed by atoms with Gasteiger partial charge in [0.2, 0.25) is 11.8 Å². The van der Waals surface area contributed by atoms with Gasteiger partial charge in [-0.15, -0.1) is 0 Å². The lowest BCUT2D eigenvalue weighted by molar-refractivity contribution is -0.525. The summed E-state index contributed by atoms with van der Waals surface area (Å²) in [7, 11) is -0.585. The standard InChI is InChI=1S/C27H45BN6O6/c1-7-8-9-12-23(35)31-19(11-10-13-30-25(29)33-34(37)38)24(36)32-22(14-17(2)3)28-39-21-16-18-15-20(26(18,4)5)27(21,6)40-28/h7-9,12,17-22H,10-11,13-16H2,1-6H3,(H,31,35)(H,32,36)(H3,29,30,33)/b8-7+,12-9+/t18-,19-,20-,21+,22-,27-/m0/s1. The lowest BCUT2D eigenvalue weighted by Crippen LogP contribution is -2.65. The van der Waals surface area contributed by atoms with Crippen LogP contribution in [0.2, 0.25) is 0 Å². The maximum atomic E-state index is 13.6. The average molecular weight is 561 g/mol. The van der Waals surface area contributed by atoms with E-state index in [4.69, 9.17) is 14.7 Å². The minimum atomic E-state index is -0.858. The highest BCUT2D eigenvalue weighted by atomic mass is 16.7. The fourth-order valence-electron chi connectivity index (χ4n) is 6.49. The molecule has 0 aromatic heterocycles. The van der Waals surface area contributed by atoms with Gasteiger partial charge in [0.05, 0.1) is 17.6 Å². The second kappa shape index (κ2) is 13.2. The molecule has 5 N–H and O–H groups in total. The molecule has 0 unspecified atom stereocenters. The molecule has 1 heterocycles. The minimum Gasteiger partial charge on any atom is -0.404 e. The van der Waals surface area contributed by atoms with Crippen molar-refractivity contribution >= 4 is 24.9 Å². The summed E-state index contributed by atoms with van der Waals surface area (Å²) in [6.45, 7) is 12.9. The SMILES string of the molecule is C/C=C/C=C/C(=O)N[C@@H](CCCNC(=N)N[N+](=O)[O-])C(=O)N[C@@H](CC(C)C)B1O[C@@H]2C[C@@H]3C[C@@H](C3(C)C)[C@]2(C)O1. The van der Waals surface area contributed by atoms with E-state index < -0.39 is 41.6 Å². The van der Waals surface area contributed by atoms with Crippen molar-refractivity contribution in [1.29, 1.82) is 5.41 Å². The molecule has 0 aromatic rings. The number of guanidine groups is 1. The third kappa shape index (κ3) is 7.42. The fraction of sp³-hybridized carbons (Fsp3) is 0.741. The van der Waals surface area contributed by atoms with Crippen LogP contribution >= 0.6 is 0 Å². The largest absolute Gasteiger partial charge is 0.481 e. The molecule has 6 atom stereocenters. The fourth-order valence-corrected chi connectivity index (χ4v) is 6.49. The molecule has 3 aliphatic carbocycles. The first kappa shape index (κ1) is 31.6. The van der Waals surface area contributed by atoms with E-state index in [2.05, 4.69) is 50.6 Å². The van der Waals surface area contributed by atoms with Crippen LogP contribution in [0.5, 0.6) is 0 Å². The summed E-state index contributed by atoms with van der Waals surface area (Å²) in [5.74, 6) is -0.342. The Morgan fingerprint density at radius 3 is 2.55 bits per heavy atom. The Bertz CT molecular complexity index is 1020. The zero-order valence-electron chi connectivity index (χ0n) is 24.5. The highest BCUT2D eigenvalue weighted by Gasteiger charge is 2.68. The lowest BCUT2D eigenvalue weighted by Gasteiger charge is -2.64. The maximum absolute atomic E-state index is 13.6. The number of rotatable bonds is 13. The Kier molecular flexibility index (Phi) is 10.4. The number of amides is 2. The lowest BCUT2D eigenvalue weighted by atomic mass is 9.43. The number of nitro groups is 1. The molecule has 1 aliphatic heterocycles. The third-order valence-corrected chi connectivity index (χ3v) is 8.71. The van der Waals surface area contributed by atoms with E-state index in [0.717, 1.165) is 12.8 Å². The quantitative estimate of drug-likeness (QED) is 0.0335. The number of hydrogen-bond acceptors (Lipinski definition) is 7. The van der Waals surface area contributed by atoms with E-state index in [-0.39, 0.29) is 36.3 Å². The Morgan fingerprint density at radius 1 is 1.20 bits per heavy atom. The van der Waals surface area contributed by atoms with Gasteiger partial charge in [-0.05, 0) is 69.1 Å². The van der Waals surface area contributed by atoms with Gasteiger partial charge < -0.3 is 25.3 Å². The Morgan fingerprint density at radius 2 is 1.93 bits per heavy atom. The number of carbonyl (C=O) groups excluding carboxylic acids is 2. The van der Waals surface area contributed by atoms with E-state index in [0.29, 0.717) is 24.7 Å². The normalized spacial score (nSPS) is 28.1. The zero-order valence-corrected chi connectivity index (χ0v) is 24.5. The topological polar surface area (TPSA) is 168 Å². The smallest absolute Gasteiger partial charge is 0.404 e. The number of hydrogen-bond donors (Lipinski definition) is 5. The van der Waals surface area contributed by atoms with Crippen LogP contribution in [0.25, 0.3) is 0 Å². The van der Waals surface area contributed by atoms with Crippen molar-refractivity contribution in [3.8, 4) is 0 Å². The molecule has 4 aliphatic rings. The molecule has 4 fully saturated rings. The molecular formula is C27H45BN6O6. The summed E-state index contributed by atoms with van der Waals surface area (Å²) in [6.07, 6.45) is 9.79. The molecule has 12 nitrogen and oxygen atoms in total. The molecule has 2 amide bonds. The molecule has 222 valence electrons. The van der Waals surface area contributed by atoms with E-state index in [9.17, 15) is 19.7 Å². The average Bonchev–Trinajstić information content (AvgIpc) is 3.22. The van der Waals surface area contributed by atoms with Crippen LogP contribution < -0.4 is 21.4 Å². The molecule has 13 heteroatoms. The van der Waals surface area contributed by atoms with Crippen LogP contribution in [0.1, 0.15) is 73.6 Å². The second-order valence-corrected chi connectivity index (χ2v) is 12.3. The number of carbonyl (C=O) groups is 2. The summed E-state index contributed by atoms with van der Waals surface area (Å²) in [6, 6.07) is -0.858. The molecular weight excluding hydrogens is 515 g/mol. The third-order valence-electron chi connectivity index (χ3n) is 8.71. The predicted octanol–water partition coefficient (Wildman–Crippen LogP) is 2.49. The van der Waals surface area contributed by atoms with Gasteiger partial charge in [-0.25, -0.2) is 10.1 Å². The molecule has 0 radical (unpaired) electrons. The molecule has 2 bridgehead atoms. The highest BCUT2D eigenvalue weighted by Crippen LogP contribution is 2.65. The highest BCUT2D eigenvalue weighted by molar-refractivity contribution is 6.48. The van der Waals surface area contributed by atoms with Crippen LogP contribution in [-0.4, -0.2) is 60.2 Å². The first-order chi connectivity index (χ1) is 18.8. The van der Waals surface area contributed by atoms with Crippen LogP contribution in [-0.2, 0) is 18.9 Å². The van der Waals surface area contributed by atoms with Gasteiger partial charge in [0.15, 0.2) is 5.03 Å². The van der Waals surface area contributed by atoms with Gasteiger partial charge in [0.1, 0.15) is 6.04 Å². The van der Waals surface area contributed by atoms with Gasteiger partial charge in [0.25, 0.3) is 5.96 Å². The van der Waals surface area contributed by atoms with Crippen LogP contribution in [0.15, 0.2) is 24.3 Å². The van der Waals surface area contributed by atoms with Gasteiger partial charge >= 0.3 is 7.12 Å². The summed E-state index contributed by atoms with van der Waals surface area (Å²) in [4.78, 5) is 36.6. The molecule has 3 saturated carbocycles. The van der Waals surface area contributed by atoms with Crippen molar-refractivity contribution in [2.75, 3.05) is 6.54 Å². The number of nitrogens with one attached hydrogen (secondary N) is 5. The van der Waals surface area contributed by atoms with Crippen molar-refractivity contribution in [3.63, 3.8) is 0 Å². The minimum absolute atomic E-state index is 0.0118. The first-order valence-electron chi connectivity index (χ1n) is 14.2. The Labute approximate surface area is 237 Å². The van der Waals surface area contributed by atoms with Crippen LogP contribution in [0, 0.1) is 38.7 Å². The van der Waals surface area contributed by atoms with Gasteiger partial charge in [-0.3, -0.25) is 15.0 Å². The number of hydrazine groups is 1. The summed E-state index contributed by atoms with van der Waals surface area (Å²) in [5, 5.41) is 25.6. The van der Waals surface area contributed by atoms with Gasteiger partial charge in [-0.2, -0.15) is 0 Å². The molecule has 0 aromatic carbocycles. The van der Waals surface area contributed by atoms with E-state index in [1.165, 1.54) is 6.08 Å². The summed E-state index contributed by atoms with van der Waals surface area (Å²) < 4.78 is 13.1. The van der Waals surface area contributed by atoms with Gasteiger partial charge in [0, 0.05) is 12.6 Å². The number of allylic oxidation sites excluding steroid dienone is 3. The molecule has 0 spiro atoms. The van der Waals surface area contributed by atoms with Gasteiger partial charge in [-0.1, -0.05) is 51.3 Å². The van der Waals surface area contributed by atoms with Crippen LogP contribution in [0.4, 0.5) is 0 Å². The van der Waals surface area contributed by atoms with E-state index in [1.807, 2.05) is 6.92 Å². The van der Waals surface area contributed by atoms with E-state index in [1.54, 1.807) is 23.7 Å². The Hall–Kier alpha value is -2.93. The van der Waals surface area contributed by atoms with E-state index >= 15 is 0 Å². The zero-order chi connectivity index (χ0) is 29.7. The summed E-state index contributed by atoms with van der Waals surface area (Å²) in [5.41, 5.74) is 1.53. The maximum Gasteiger partial charge on any atom is 0.481 e. The van der Waals surface area contributed by atoms with Crippen molar-refractivity contribution < 1.29 is 23.9 Å². The van der Waals surface area contributed by atoms with Crippen molar-refractivity contribution in [3.05, 3.63) is 34.4 Å². The Balaban J connectivity index is 1.68. The van der Waals surface area contributed by atoms with Crippen molar-refractivity contribution in [2.24, 2.45) is 23.2 Å². The second-order valence-electron chi connectivity index (χ2n) is 12.3. The van der Waals surface area contributed by atoms with Crippen molar-refractivity contribution in [1.82, 2.24) is 21.4 Å². The molecule has 4 rings (SSSR count). The summed E-state index contributed by atoms with van der Waals surface area (Å²) >= 11 is 0. The number of nitrogens with zero attached hydrogens (tertiary/aromatic N) is 1. The molecule has 40 heavy (non-hydrogen) atoms. The molecule has 1 saturated heterocycles. The predicted molar refractivity (Wildman–Crippen MR) is 152 cm³/mol. The van der Waals surface area contributed by atoms with Crippen LogP contribution in [0.3, 0.4) is 0 Å².